The molecule has 0 amide bonds. The fourth-order valence-corrected chi connectivity index (χ4v) is 4.45. The van der Waals surface area contributed by atoms with Crippen LogP contribution in [-0.2, 0) is 14.4 Å². The molecule has 0 saturated carbocycles. The molecular formula is C26H48NO6+. The number of rotatable bonds is 21. The third kappa shape index (κ3) is 14.8. The number of aliphatic carboxylic acids is 3. The molecular weight excluding hydrogens is 422 g/mol. The van der Waals surface area contributed by atoms with Crippen LogP contribution in [0.2, 0.25) is 0 Å². The average molecular weight is 471 g/mol. The van der Waals surface area contributed by atoms with Crippen LogP contribution in [-0.4, -0.2) is 63.9 Å². The number of carboxylic acids is 3. The normalized spacial score (nSPS) is 16.2. The quantitative estimate of drug-likeness (QED) is 0.117. The van der Waals surface area contributed by atoms with Crippen molar-refractivity contribution in [3.05, 3.63) is 12.2 Å². The lowest BCUT2D eigenvalue weighted by molar-refractivity contribution is -0.933. The van der Waals surface area contributed by atoms with Crippen LogP contribution in [0.3, 0.4) is 0 Å². The fourth-order valence-electron chi connectivity index (χ4n) is 4.45. The molecule has 0 heterocycles. The molecule has 0 bridgehead atoms. The van der Waals surface area contributed by atoms with Crippen molar-refractivity contribution in [2.45, 2.75) is 91.9 Å². The lowest BCUT2D eigenvalue weighted by Crippen LogP contribution is -2.57. The summed E-state index contributed by atoms with van der Waals surface area (Å²) in [4.78, 5) is 34.6. The van der Waals surface area contributed by atoms with Crippen LogP contribution in [0.4, 0.5) is 0 Å². The predicted molar refractivity (Wildman–Crippen MR) is 131 cm³/mol. The molecule has 192 valence electrons. The van der Waals surface area contributed by atoms with E-state index in [4.69, 9.17) is 0 Å². The van der Waals surface area contributed by atoms with Crippen molar-refractivity contribution in [1.29, 1.82) is 0 Å². The van der Waals surface area contributed by atoms with Gasteiger partial charge in [-0.15, -0.1) is 0 Å². The Morgan fingerprint density at radius 3 is 1.39 bits per heavy atom. The van der Waals surface area contributed by atoms with Crippen LogP contribution in [0.15, 0.2) is 12.2 Å². The van der Waals surface area contributed by atoms with Crippen molar-refractivity contribution >= 4 is 17.9 Å². The fraction of sp³-hybridized carbons (Fsp3) is 0.808. The van der Waals surface area contributed by atoms with Gasteiger partial charge in [-0.3, -0.25) is 14.4 Å². The van der Waals surface area contributed by atoms with E-state index < -0.39 is 35.7 Å². The van der Waals surface area contributed by atoms with Crippen molar-refractivity contribution in [3.8, 4) is 0 Å². The summed E-state index contributed by atoms with van der Waals surface area (Å²) < 4.78 is 0.177. The Balaban J connectivity index is 4.94. The van der Waals surface area contributed by atoms with E-state index in [0.717, 1.165) is 12.8 Å². The van der Waals surface area contributed by atoms with Gasteiger partial charge in [0.15, 0.2) is 0 Å². The standard InChI is InChI=1S/C26H47NO6/c1-5-6-7-8-9-10-11-12-13-14-15-16-17-27(18-21(2)24(28)29,19-22(3)25(30)31)20-23(4)26(32)33/h14-15,21-23H,5-13,16-20H2,1-4H3,(H2-,28,29,30,31,32,33)/p+1/b15-14+. The Bertz CT molecular complexity index is 549. The molecule has 3 N–H and O–H groups in total. The van der Waals surface area contributed by atoms with Gasteiger partial charge in [0.2, 0.25) is 0 Å². The second kappa shape index (κ2) is 17.6. The highest BCUT2D eigenvalue weighted by Gasteiger charge is 2.37. The highest BCUT2D eigenvalue weighted by Crippen LogP contribution is 2.21. The first-order valence-corrected chi connectivity index (χ1v) is 12.7. The number of carbonyl (C=O) groups is 3. The van der Waals surface area contributed by atoms with Crippen LogP contribution in [0, 0.1) is 17.8 Å². The SMILES string of the molecule is CCCCCCCCCC/C=C/CC[N+](CC(C)C(=O)O)(CC(C)C(=O)O)CC(C)C(=O)O. The number of hydrogen-bond acceptors (Lipinski definition) is 3. The van der Waals surface area contributed by atoms with E-state index >= 15 is 0 Å². The third-order valence-electron chi connectivity index (χ3n) is 6.41. The summed E-state index contributed by atoms with van der Waals surface area (Å²) in [6.45, 7) is 8.21. The second-order valence-electron chi connectivity index (χ2n) is 9.85. The molecule has 0 spiro atoms. The second-order valence-corrected chi connectivity index (χ2v) is 9.85. The van der Waals surface area contributed by atoms with E-state index in [-0.39, 0.29) is 24.1 Å². The Morgan fingerprint density at radius 1 is 0.636 bits per heavy atom. The minimum atomic E-state index is -0.950. The summed E-state index contributed by atoms with van der Waals surface area (Å²) in [6, 6.07) is 0. The summed E-state index contributed by atoms with van der Waals surface area (Å²) >= 11 is 0. The molecule has 7 heteroatoms. The van der Waals surface area contributed by atoms with Gasteiger partial charge in [-0.2, -0.15) is 0 Å². The highest BCUT2D eigenvalue weighted by molar-refractivity contribution is 5.70. The van der Waals surface area contributed by atoms with Crippen molar-refractivity contribution < 1.29 is 34.2 Å². The number of unbranched alkanes of at least 4 members (excludes halogenated alkanes) is 8. The zero-order chi connectivity index (χ0) is 25.3. The molecule has 0 aliphatic heterocycles. The van der Waals surface area contributed by atoms with E-state index in [2.05, 4.69) is 19.1 Å². The van der Waals surface area contributed by atoms with Gasteiger partial charge in [-0.25, -0.2) is 0 Å². The Morgan fingerprint density at radius 2 is 1.00 bits per heavy atom. The molecule has 3 unspecified atom stereocenters. The summed E-state index contributed by atoms with van der Waals surface area (Å²) in [5.41, 5.74) is 0. The Hall–Kier alpha value is -1.89. The first kappa shape index (κ1) is 31.1. The van der Waals surface area contributed by atoms with E-state index in [9.17, 15) is 29.7 Å². The number of hydrogen-bond donors (Lipinski definition) is 3. The van der Waals surface area contributed by atoms with Crippen LogP contribution >= 0.6 is 0 Å². The minimum absolute atomic E-state index is 0.177. The van der Waals surface area contributed by atoms with E-state index in [1.807, 2.05) is 0 Å². The monoisotopic (exact) mass is 470 g/mol. The average Bonchev–Trinajstić information content (AvgIpc) is 2.74. The number of quaternary nitrogens is 1. The van der Waals surface area contributed by atoms with Gasteiger partial charge in [0.25, 0.3) is 0 Å². The maximum absolute atomic E-state index is 11.5. The van der Waals surface area contributed by atoms with Gasteiger partial charge in [-0.1, -0.05) is 64.0 Å². The maximum atomic E-state index is 11.5. The maximum Gasteiger partial charge on any atom is 0.311 e. The van der Waals surface area contributed by atoms with E-state index in [1.165, 1.54) is 44.9 Å². The minimum Gasteiger partial charge on any atom is -0.481 e. The van der Waals surface area contributed by atoms with Crippen LogP contribution < -0.4 is 0 Å². The molecule has 0 aromatic heterocycles. The molecule has 0 fully saturated rings. The molecule has 0 aromatic rings. The van der Waals surface area contributed by atoms with Crippen molar-refractivity contribution in [3.63, 3.8) is 0 Å². The molecule has 0 rings (SSSR count). The molecule has 0 aliphatic carbocycles. The van der Waals surface area contributed by atoms with Gasteiger partial charge < -0.3 is 19.8 Å². The first-order valence-electron chi connectivity index (χ1n) is 12.7. The summed E-state index contributed by atoms with van der Waals surface area (Å²) in [7, 11) is 0. The van der Waals surface area contributed by atoms with Crippen molar-refractivity contribution in [1.82, 2.24) is 0 Å². The number of allylic oxidation sites excluding steroid dienone is 1. The lowest BCUT2D eigenvalue weighted by atomic mass is 10.0. The van der Waals surface area contributed by atoms with Crippen LogP contribution in [0.5, 0.6) is 0 Å². The molecule has 7 nitrogen and oxygen atoms in total. The van der Waals surface area contributed by atoms with Gasteiger partial charge >= 0.3 is 17.9 Å². The van der Waals surface area contributed by atoms with Gasteiger partial charge in [0, 0.05) is 6.42 Å². The summed E-state index contributed by atoms with van der Waals surface area (Å²) in [5, 5.41) is 28.3. The zero-order valence-electron chi connectivity index (χ0n) is 21.3. The van der Waals surface area contributed by atoms with Crippen molar-refractivity contribution in [2.24, 2.45) is 17.8 Å². The van der Waals surface area contributed by atoms with E-state index in [1.54, 1.807) is 20.8 Å². The molecule has 3 atom stereocenters. The van der Waals surface area contributed by atoms with Gasteiger partial charge in [-0.05, 0) is 33.6 Å². The molecule has 0 aliphatic rings. The molecule has 0 saturated heterocycles. The molecule has 0 radical (unpaired) electrons. The zero-order valence-corrected chi connectivity index (χ0v) is 21.3. The number of nitrogens with zero attached hydrogens (tertiary/aromatic N) is 1. The van der Waals surface area contributed by atoms with E-state index in [0.29, 0.717) is 13.0 Å². The largest absolute Gasteiger partial charge is 0.481 e. The van der Waals surface area contributed by atoms with Crippen LogP contribution in [0.1, 0.15) is 91.9 Å². The van der Waals surface area contributed by atoms with Gasteiger partial charge in [0.1, 0.15) is 17.8 Å². The smallest absolute Gasteiger partial charge is 0.311 e. The van der Waals surface area contributed by atoms with Crippen LogP contribution in [0.25, 0.3) is 0 Å². The summed E-state index contributed by atoms with van der Waals surface area (Å²) in [5.74, 6) is -4.91. The predicted octanol–water partition coefficient (Wildman–Crippen LogP) is 5.44. The first-order chi connectivity index (χ1) is 15.5. The third-order valence-corrected chi connectivity index (χ3v) is 6.41. The molecule has 33 heavy (non-hydrogen) atoms. The topological polar surface area (TPSA) is 112 Å². The van der Waals surface area contributed by atoms with Crippen molar-refractivity contribution in [2.75, 3.05) is 26.2 Å². The Labute approximate surface area is 200 Å². The number of carboxylic acid groups (broad SMARTS) is 3. The molecule has 0 aromatic carbocycles. The Kier molecular flexibility index (Phi) is 16.6. The lowest BCUT2D eigenvalue weighted by Gasteiger charge is -2.42. The summed E-state index contributed by atoms with van der Waals surface area (Å²) in [6.07, 6.45) is 16.1. The highest BCUT2D eigenvalue weighted by atomic mass is 16.4. The van der Waals surface area contributed by atoms with Gasteiger partial charge in [0.05, 0.1) is 26.2 Å².